The van der Waals surface area contributed by atoms with Gasteiger partial charge in [-0.2, -0.15) is 5.10 Å². The number of aromatic nitrogens is 2. The van der Waals surface area contributed by atoms with E-state index in [0.717, 1.165) is 15.8 Å². The smallest absolute Gasteiger partial charge is 0.274 e. The summed E-state index contributed by atoms with van der Waals surface area (Å²) < 4.78 is 14.9. The Morgan fingerprint density at radius 2 is 1.90 bits per heavy atom. The average molecular weight is 420 g/mol. The molecule has 0 bridgehead atoms. The van der Waals surface area contributed by atoms with E-state index in [-0.39, 0.29) is 29.5 Å². The van der Waals surface area contributed by atoms with Gasteiger partial charge in [0.2, 0.25) is 5.91 Å². The van der Waals surface area contributed by atoms with Crippen LogP contribution < -0.4 is 10.9 Å². The summed E-state index contributed by atoms with van der Waals surface area (Å²) >= 11 is 0. The first-order chi connectivity index (χ1) is 14.9. The van der Waals surface area contributed by atoms with Crippen LogP contribution in [0.25, 0.3) is 0 Å². The fourth-order valence-electron chi connectivity index (χ4n) is 3.61. The van der Waals surface area contributed by atoms with Gasteiger partial charge in [-0.3, -0.25) is 14.4 Å². The minimum atomic E-state index is -0.413. The zero-order chi connectivity index (χ0) is 22.0. The van der Waals surface area contributed by atoms with Crippen LogP contribution in [0.4, 0.5) is 10.1 Å². The van der Waals surface area contributed by atoms with Gasteiger partial charge in [-0.05, 0) is 47.4 Å². The topological polar surface area (TPSA) is 84.3 Å². The van der Waals surface area contributed by atoms with Crippen molar-refractivity contribution >= 4 is 17.5 Å². The van der Waals surface area contributed by atoms with Gasteiger partial charge in [-0.25, -0.2) is 9.07 Å². The van der Waals surface area contributed by atoms with Gasteiger partial charge in [0.15, 0.2) is 0 Å². The zero-order valence-corrected chi connectivity index (χ0v) is 17.0. The lowest BCUT2D eigenvalue weighted by Gasteiger charge is -2.29. The first kappa shape index (κ1) is 20.5. The van der Waals surface area contributed by atoms with Crippen LogP contribution in [-0.2, 0) is 31.2 Å². The van der Waals surface area contributed by atoms with Crippen molar-refractivity contribution in [1.82, 2.24) is 14.7 Å². The molecule has 0 saturated heterocycles. The van der Waals surface area contributed by atoms with Crippen LogP contribution >= 0.6 is 0 Å². The van der Waals surface area contributed by atoms with E-state index in [4.69, 9.17) is 0 Å². The minimum Gasteiger partial charge on any atom is -0.333 e. The number of rotatable bonds is 4. The van der Waals surface area contributed by atoms with Crippen molar-refractivity contribution in [2.45, 2.75) is 19.4 Å². The summed E-state index contributed by atoms with van der Waals surface area (Å²) in [6.45, 7) is 0.908. The van der Waals surface area contributed by atoms with Crippen LogP contribution in [0.15, 0.2) is 59.4 Å². The molecule has 31 heavy (non-hydrogen) atoms. The van der Waals surface area contributed by atoms with Crippen LogP contribution in [0, 0.1) is 5.82 Å². The lowest BCUT2D eigenvalue weighted by atomic mass is 9.98. The zero-order valence-electron chi connectivity index (χ0n) is 17.0. The summed E-state index contributed by atoms with van der Waals surface area (Å²) in [5.74, 6) is -0.984. The van der Waals surface area contributed by atoms with E-state index < -0.39 is 5.82 Å². The molecule has 0 unspecified atom stereocenters. The standard InChI is InChI=1S/C23H21FN4O3/c1-27-22(30)9-8-20(26-27)23(31)28-11-10-15-6-7-18(12-17(15)14-28)25-21(29)13-16-4-2-3-5-19(16)24/h2-9,12H,10-11,13-14H2,1H3,(H,25,29). The van der Waals surface area contributed by atoms with E-state index >= 15 is 0 Å². The van der Waals surface area contributed by atoms with Gasteiger partial charge < -0.3 is 10.2 Å². The van der Waals surface area contributed by atoms with Gasteiger partial charge in [0.05, 0.1) is 6.42 Å². The van der Waals surface area contributed by atoms with Gasteiger partial charge in [0.1, 0.15) is 11.5 Å². The third-order valence-corrected chi connectivity index (χ3v) is 5.28. The molecule has 0 spiro atoms. The van der Waals surface area contributed by atoms with Crippen LogP contribution in [0.5, 0.6) is 0 Å². The van der Waals surface area contributed by atoms with Crippen LogP contribution in [-0.4, -0.2) is 33.0 Å². The first-order valence-electron chi connectivity index (χ1n) is 9.89. The fourth-order valence-corrected chi connectivity index (χ4v) is 3.61. The number of aryl methyl sites for hydroxylation is 1. The lowest BCUT2D eigenvalue weighted by molar-refractivity contribution is -0.115. The summed E-state index contributed by atoms with van der Waals surface area (Å²) in [4.78, 5) is 38.3. The Bertz CT molecular complexity index is 1220. The fraction of sp³-hybridized carbons (Fsp3) is 0.217. The Labute approximate surface area is 178 Å². The molecule has 2 amide bonds. The maximum atomic E-state index is 13.8. The largest absolute Gasteiger partial charge is 0.333 e. The van der Waals surface area contributed by atoms with Crippen molar-refractivity contribution in [2.24, 2.45) is 7.05 Å². The second-order valence-corrected chi connectivity index (χ2v) is 7.46. The molecule has 0 atom stereocenters. The summed E-state index contributed by atoms with van der Waals surface area (Å²) in [5.41, 5.74) is 2.88. The van der Waals surface area contributed by atoms with Gasteiger partial charge in [-0.15, -0.1) is 0 Å². The van der Waals surface area contributed by atoms with Crippen molar-refractivity contribution in [3.05, 3.63) is 93.2 Å². The summed E-state index contributed by atoms with van der Waals surface area (Å²) in [7, 11) is 1.50. The SMILES string of the molecule is Cn1nc(C(=O)N2CCc3ccc(NC(=O)Cc4ccccc4F)cc3C2)ccc1=O. The number of fused-ring (bicyclic) bond motifs is 1. The highest BCUT2D eigenvalue weighted by Gasteiger charge is 2.23. The summed E-state index contributed by atoms with van der Waals surface area (Å²) in [6.07, 6.45) is 0.614. The molecule has 158 valence electrons. The molecule has 4 rings (SSSR count). The predicted molar refractivity (Wildman–Crippen MR) is 113 cm³/mol. The maximum Gasteiger partial charge on any atom is 0.274 e. The second kappa shape index (κ2) is 8.51. The second-order valence-electron chi connectivity index (χ2n) is 7.46. The molecule has 2 heterocycles. The van der Waals surface area contributed by atoms with Gasteiger partial charge in [0.25, 0.3) is 11.5 Å². The highest BCUT2D eigenvalue weighted by molar-refractivity contribution is 5.93. The molecule has 3 aromatic rings. The molecular weight excluding hydrogens is 399 g/mol. The molecule has 1 aliphatic rings. The van der Waals surface area contributed by atoms with E-state index in [0.29, 0.717) is 30.8 Å². The predicted octanol–water partition coefficient (Wildman–Crippen LogP) is 2.30. The Morgan fingerprint density at radius 1 is 1.10 bits per heavy atom. The Hall–Kier alpha value is -3.81. The molecule has 1 aromatic heterocycles. The van der Waals surface area contributed by atoms with Crippen molar-refractivity contribution in [3.8, 4) is 0 Å². The monoisotopic (exact) mass is 420 g/mol. The molecule has 0 radical (unpaired) electrons. The molecule has 1 N–H and O–H groups in total. The molecule has 0 saturated carbocycles. The number of nitrogens with zero attached hydrogens (tertiary/aromatic N) is 3. The third kappa shape index (κ3) is 4.53. The van der Waals surface area contributed by atoms with Crippen molar-refractivity contribution in [3.63, 3.8) is 0 Å². The van der Waals surface area contributed by atoms with Gasteiger partial charge in [0, 0.05) is 31.9 Å². The molecular formula is C23H21FN4O3. The number of nitrogens with one attached hydrogen (secondary N) is 1. The van der Waals surface area contributed by atoms with Gasteiger partial charge in [-0.1, -0.05) is 24.3 Å². The van der Waals surface area contributed by atoms with E-state index in [9.17, 15) is 18.8 Å². The number of hydrogen-bond donors (Lipinski definition) is 1. The van der Waals surface area contributed by atoms with Crippen LogP contribution in [0.1, 0.15) is 27.2 Å². The number of amides is 2. The highest BCUT2D eigenvalue weighted by Crippen LogP contribution is 2.24. The highest BCUT2D eigenvalue weighted by atomic mass is 19.1. The first-order valence-corrected chi connectivity index (χ1v) is 9.89. The molecule has 0 aliphatic carbocycles. The number of carbonyl (C=O) groups is 2. The molecule has 7 nitrogen and oxygen atoms in total. The van der Waals surface area contributed by atoms with Crippen LogP contribution in [0.3, 0.4) is 0 Å². The Morgan fingerprint density at radius 3 is 2.68 bits per heavy atom. The molecule has 8 heteroatoms. The third-order valence-electron chi connectivity index (χ3n) is 5.28. The van der Waals surface area contributed by atoms with E-state index in [1.165, 1.54) is 25.2 Å². The summed E-state index contributed by atoms with van der Waals surface area (Å²) in [5, 5.41) is 6.83. The number of hydrogen-bond acceptors (Lipinski definition) is 4. The average Bonchev–Trinajstić information content (AvgIpc) is 2.76. The Kier molecular flexibility index (Phi) is 5.62. The Balaban J connectivity index is 1.46. The summed E-state index contributed by atoms with van der Waals surface area (Å²) in [6, 6.07) is 14.5. The maximum absolute atomic E-state index is 13.8. The lowest BCUT2D eigenvalue weighted by Crippen LogP contribution is -2.37. The van der Waals surface area contributed by atoms with Crippen molar-refractivity contribution in [1.29, 1.82) is 0 Å². The number of halogens is 1. The minimum absolute atomic E-state index is 0.0627. The van der Waals surface area contributed by atoms with Gasteiger partial charge >= 0.3 is 0 Å². The van der Waals surface area contributed by atoms with Crippen molar-refractivity contribution in [2.75, 3.05) is 11.9 Å². The number of benzene rings is 2. The molecule has 2 aromatic carbocycles. The molecule has 1 aliphatic heterocycles. The quantitative estimate of drug-likeness (QED) is 0.702. The number of carbonyl (C=O) groups excluding carboxylic acids is 2. The number of anilines is 1. The van der Waals surface area contributed by atoms with E-state index in [1.807, 2.05) is 18.2 Å². The van der Waals surface area contributed by atoms with E-state index in [1.54, 1.807) is 23.1 Å². The van der Waals surface area contributed by atoms with E-state index in [2.05, 4.69) is 10.4 Å². The molecule has 0 fully saturated rings. The van der Waals surface area contributed by atoms with Crippen LogP contribution in [0.2, 0.25) is 0 Å². The normalized spacial score (nSPS) is 12.9. The van der Waals surface area contributed by atoms with Crippen molar-refractivity contribution < 1.29 is 14.0 Å².